The Morgan fingerprint density at radius 1 is 1.23 bits per heavy atom. The van der Waals surface area contributed by atoms with Gasteiger partial charge in [-0.25, -0.2) is 8.42 Å². The van der Waals surface area contributed by atoms with Crippen molar-refractivity contribution in [3.8, 4) is 0 Å². The molecule has 0 aliphatic heterocycles. The maximum absolute atomic E-state index is 12.7. The molecule has 0 radical (unpaired) electrons. The molecular formula is C15H24N2O4S. The molecular weight excluding hydrogens is 304 g/mol. The first-order valence-electron chi connectivity index (χ1n) is 7.12. The molecule has 0 aliphatic carbocycles. The Morgan fingerprint density at radius 3 is 2.27 bits per heavy atom. The van der Waals surface area contributed by atoms with Gasteiger partial charge in [-0.1, -0.05) is 17.7 Å². The maximum Gasteiger partial charge on any atom is 0.243 e. The minimum absolute atomic E-state index is 0.0177. The molecule has 0 saturated carbocycles. The summed E-state index contributed by atoms with van der Waals surface area (Å²) in [6, 6.07) is 3.63. The number of hydrogen-bond donors (Lipinski definition) is 2. The van der Waals surface area contributed by atoms with Crippen LogP contribution >= 0.6 is 0 Å². The van der Waals surface area contributed by atoms with Crippen molar-refractivity contribution in [3.63, 3.8) is 0 Å². The van der Waals surface area contributed by atoms with Crippen LogP contribution in [0.1, 0.15) is 23.1 Å². The number of benzene rings is 1. The summed E-state index contributed by atoms with van der Waals surface area (Å²) in [4.78, 5) is 12.0. The summed E-state index contributed by atoms with van der Waals surface area (Å²) in [7, 11) is -2.33. The van der Waals surface area contributed by atoms with Crippen molar-refractivity contribution >= 4 is 15.9 Å². The topological polar surface area (TPSA) is 86.7 Å². The van der Waals surface area contributed by atoms with Crippen molar-refractivity contribution in [2.45, 2.75) is 32.1 Å². The highest BCUT2D eigenvalue weighted by atomic mass is 32.2. The first-order chi connectivity index (χ1) is 10.2. The molecule has 0 aliphatic rings. The van der Waals surface area contributed by atoms with E-state index in [1.54, 1.807) is 13.8 Å². The number of rotatable bonds is 7. The first-order valence-corrected chi connectivity index (χ1v) is 8.56. The number of aliphatic hydroxyl groups excluding tert-OH is 1. The van der Waals surface area contributed by atoms with Crippen molar-refractivity contribution in [1.82, 2.24) is 9.62 Å². The van der Waals surface area contributed by atoms with E-state index in [1.807, 2.05) is 19.1 Å². The third kappa shape index (κ3) is 4.53. The second-order valence-electron chi connectivity index (χ2n) is 5.42. The van der Waals surface area contributed by atoms with Crippen molar-refractivity contribution < 1.29 is 18.3 Å². The predicted octanol–water partition coefficient (Wildman–Crippen LogP) is 0.731. The summed E-state index contributed by atoms with van der Waals surface area (Å²) in [5, 5.41) is 11.2. The van der Waals surface area contributed by atoms with Crippen LogP contribution in [0.2, 0.25) is 0 Å². The van der Waals surface area contributed by atoms with Crippen molar-refractivity contribution in [2.75, 3.05) is 26.7 Å². The number of nitrogens with one attached hydrogen (secondary N) is 1. The van der Waals surface area contributed by atoms with E-state index in [0.29, 0.717) is 24.1 Å². The zero-order valence-electron chi connectivity index (χ0n) is 13.5. The maximum atomic E-state index is 12.7. The molecule has 1 rings (SSSR count). The van der Waals surface area contributed by atoms with Crippen LogP contribution in [-0.2, 0) is 14.8 Å². The molecule has 0 bridgehead atoms. The number of sulfonamides is 1. The highest BCUT2D eigenvalue weighted by Gasteiger charge is 2.26. The second kappa shape index (κ2) is 7.71. The Balaban J connectivity index is 2.93. The highest BCUT2D eigenvalue weighted by Crippen LogP contribution is 2.24. The van der Waals surface area contributed by atoms with Gasteiger partial charge in [0.1, 0.15) is 0 Å². The Hall–Kier alpha value is -1.44. The second-order valence-corrected chi connectivity index (χ2v) is 7.40. The van der Waals surface area contributed by atoms with Crippen molar-refractivity contribution in [3.05, 3.63) is 28.8 Å². The SMILES string of the molecule is Cc1cc(C)c(S(=O)(=O)N(C)CC(=O)NCCCO)c(C)c1. The minimum atomic E-state index is -3.72. The van der Waals surface area contributed by atoms with Gasteiger partial charge in [0.2, 0.25) is 15.9 Å². The average molecular weight is 328 g/mol. The Labute approximate surface area is 132 Å². The largest absolute Gasteiger partial charge is 0.396 e. The van der Waals surface area contributed by atoms with Gasteiger partial charge in [-0.05, 0) is 38.3 Å². The summed E-state index contributed by atoms with van der Waals surface area (Å²) < 4.78 is 26.4. The predicted molar refractivity (Wildman–Crippen MR) is 85.2 cm³/mol. The molecule has 124 valence electrons. The van der Waals surface area contributed by atoms with Gasteiger partial charge in [-0.2, -0.15) is 4.31 Å². The van der Waals surface area contributed by atoms with E-state index in [0.717, 1.165) is 9.87 Å². The third-order valence-corrected chi connectivity index (χ3v) is 5.41. The number of carbonyl (C=O) groups is 1. The van der Waals surface area contributed by atoms with Gasteiger partial charge >= 0.3 is 0 Å². The number of aryl methyl sites for hydroxylation is 3. The highest BCUT2D eigenvalue weighted by molar-refractivity contribution is 7.89. The monoisotopic (exact) mass is 328 g/mol. The fourth-order valence-corrected chi connectivity index (χ4v) is 3.91. The summed E-state index contributed by atoms with van der Waals surface area (Å²) in [6.07, 6.45) is 0.443. The zero-order valence-corrected chi connectivity index (χ0v) is 14.3. The Kier molecular flexibility index (Phi) is 6.52. The Bertz CT molecular complexity index is 618. The number of nitrogens with zero attached hydrogens (tertiary/aromatic N) is 1. The lowest BCUT2D eigenvalue weighted by atomic mass is 10.1. The first kappa shape index (κ1) is 18.6. The van der Waals surface area contributed by atoms with Crippen LogP contribution in [0, 0.1) is 20.8 Å². The van der Waals surface area contributed by atoms with Crippen molar-refractivity contribution in [2.24, 2.45) is 0 Å². The quantitative estimate of drug-likeness (QED) is 0.723. The fraction of sp³-hybridized carbons (Fsp3) is 0.533. The lowest BCUT2D eigenvalue weighted by Gasteiger charge is -2.20. The van der Waals surface area contributed by atoms with Gasteiger partial charge in [-0.3, -0.25) is 4.79 Å². The molecule has 1 aromatic rings. The lowest BCUT2D eigenvalue weighted by molar-refractivity contribution is -0.121. The van der Waals surface area contributed by atoms with Crippen LogP contribution in [0.15, 0.2) is 17.0 Å². The van der Waals surface area contributed by atoms with E-state index >= 15 is 0 Å². The van der Waals surface area contributed by atoms with E-state index in [2.05, 4.69) is 5.32 Å². The van der Waals surface area contributed by atoms with E-state index in [9.17, 15) is 13.2 Å². The number of likely N-dealkylation sites (N-methyl/N-ethyl adjacent to an activating group) is 1. The van der Waals surface area contributed by atoms with E-state index < -0.39 is 10.0 Å². The van der Waals surface area contributed by atoms with E-state index in [1.165, 1.54) is 7.05 Å². The zero-order chi connectivity index (χ0) is 16.9. The molecule has 1 aromatic carbocycles. The van der Waals surface area contributed by atoms with Gasteiger partial charge in [-0.15, -0.1) is 0 Å². The molecule has 0 heterocycles. The lowest BCUT2D eigenvalue weighted by Crippen LogP contribution is -2.39. The fourth-order valence-electron chi connectivity index (χ4n) is 2.38. The van der Waals surface area contributed by atoms with Crippen LogP contribution in [0.5, 0.6) is 0 Å². The molecule has 6 nitrogen and oxygen atoms in total. The van der Waals surface area contributed by atoms with Gasteiger partial charge in [0.15, 0.2) is 0 Å². The molecule has 0 spiro atoms. The number of carbonyl (C=O) groups excluding carboxylic acids is 1. The van der Waals surface area contributed by atoms with Crippen molar-refractivity contribution in [1.29, 1.82) is 0 Å². The number of amides is 1. The van der Waals surface area contributed by atoms with Gasteiger partial charge < -0.3 is 10.4 Å². The number of hydrogen-bond acceptors (Lipinski definition) is 4. The van der Waals surface area contributed by atoms with Gasteiger partial charge in [0, 0.05) is 20.2 Å². The van der Waals surface area contributed by atoms with Crippen LogP contribution in [0.3, 0.4) is 0 Å². The minimum Gasteiger partial charge on any atom is -0.396 e. The molecule has 2 N–H and O–H groups in total. The van der Waals surface area contributed by atoms with E-state index in [-0.39, 0.29) is 24.0 Å². The molecule has 0 saturated heterocycles. The summed E-state index contributed by atoms with van der Waals surface area (Å²) in [5.41, 5.74) is 2.34. The summed E-state index contributed by atoms with van der Waals surface area (Å²) in [6.45, 7) is 5.47. The summed E-state index contributed by atoms with van der Waals surface area (Å²) in [5.74, 6) is -0.387. The molecule has 7 heteroatoms. The molecule has 0 fully saturated rings. The standard InChI is InChI=1S/C15H24N2O4S/c1-11-8-12(2)15(13(3)9-11)22(20,21)17(4)10-14(19)16-6-5-7-18/h8-9,18H,5-7,10H2,1-4H3,(H,16,19). The molecule has 0 atom stereocenters. The van der Waals surface area contributed by atoms with Crippen LogP contribution < -0.4 is 5.32 Å². The van der Waals surface area contributed by atoms with Gasteiger partial charge in [0.25, 0.3) is 0 Å². The van der Waals surface area contributed by atoms with Crippen LogP contribution in [0.25, 0.3) is 0 Å². The average Bonchev–Trinajstić information content (AvgIpc) is 2.37. The smallest absolute Gasteiger partial charge is 0.243 e. The van der Waals surface area contributed by atoms with E-state index in [4.69, 9.17) is 5.11 Å². The Morgan fingerprint density at radius 2 is 1.77 bits per heavy atom. The van der Waals surface area contributed by atoms with Crippen LogP contribution in [0.4, 0.5) is 0 Å². The number of aliphatic hydroxyl groups is 1. The van der Waals surface area contributed by atoms with Gasteiger partial charge in [0.05, 0.1) is 11.4 Å². The molecule has 22 heavy (non-hydrogen) atoms. The normalized spacial score (nSPS) is 11.7. The molecule has 1 amide bonds. The molecule has 0 aromatic heterocycles. The van der Waals surface area contributed by atoms with Crippen LogP contribution in [-0.4, -0.2) is 50.5 Å². The summed E-state index contributed by atoms with van der Waals surface area (Å²) >= 11 is 0. The molecule has 0 unspecified atom stereocenters. The third-order valence-electron chi connectivity index (χ3n) is 3.30.